The van der Waals surface area contributed by atoms with Crippen molar-refractivity contribution in [1.82, 2.24) is 0 Å². The highest BCUT2D eigenvalue weighted by Gasteiger charge is 2.34. The average molecular weight is 235 g/mol. The largest absolute Gasteiger partial charge is 0.390 e. The first-order chi connectivity index (χ1) is 7.65. The number of rotatable bonds is 6. The molecule has 0 radical (unpaired) electrons. The smallest absolute Gasteiger partial charge is 0.184 e. The van der Waals surface area contributed by atoms with Crippen LogP contribution in [-0.2, 0) is 14.2 Å². The minimum absolute atomic E-state index is 0.273. The molecule has 1 aliphatic rings. The van der Waals surface area contributed by atoms with Gasteiger partial charge in [0.1, 0.15) is 6.10 Å². The van der Waals surface area contributed by atoms with Crippen LogP contribution in [0.4, 0.5) is 0 Å². The molecule has 6 heteroatoms. The summed E-state index contributed by atoms with van der Waals surface area (Å²) in [5, 5.41) is 19.0. The zero-order valence-corrected chi connectivity index (χ0v) is 9.54. The van der Waals surface area contributed by atoms with Crippen LogP contribution in [0.1, 0.15) is 13.3 Å². The maximum Gasteiger partial charge on any atom is 0.184 e. The minimum atomic E-state index is -0.791. The molecule has 1 aliphatic heterocycles. The Kier molecular flexibility index (Phi) is 6.18. The molecule has 6 nitrogen and oxygen atoms in total. The summed E-state index contributed by atoms with van der Waals surface area (Å²) in [6.45, 7) is 3.47. The second-order valence-electron chi connectivity index (χ2n) is 3.85. The van der Waals surface area contributed by atoms with E-state index in [2.05, 4.69) is 0 Å². The van der Waals surface area contributed by atoms with Crippen LogP contribution in [0.2, 0.25) is 0 Å². The predicted octanol–water partition coefficient (Wildman–Crippen LogP) is -1.16. The van der Waals surface area contributed by atoms with E-state index in [4.69, 9.17) is 19.9 Å². The second kappa shape index (κ2) is 7.16. The molecule has 4 N–H and O–H groups in total. The molecule has 0 aromatic heterocycles. The molecule has 1 heterocycles. The molecule has 4 atom stereocenters. The number of aliphatic hydroxyl groups is 2. The molecule has 16 heavy (non-hydrogen) atoms. The maximum atomic E-state index is 9.59. The summed E-state index contributed by atoms with van der Waals surface area (Å²) >= 11 is 0. The van der Waals surface area contributed by atoms with Crippen LogP contribution >= 0.6 is 0 Å². The maximum absolute atomic E-state index is 9.59. The Labute approximate surface area is 95.3 Å². The van der Waals surface area contributed by atoms with Crippen LogP contribution in [0.25, 0.3) is 0 Å². The Balaban J connectivity index is 2.16. The van der Waals surface area contributed by atoms with Gasteiger partial charge in [0.25, 0.3) is 0 Å². The molecule has 0 bridgehead atoms. The first-order valence-corrected chi connectivity index (χ1v) is 5.56. The third-order valence-corrected chi connectivity index (χ3v) is 2.46. The monoisotopic (exact) mass is 235 g/mol. The lowest BCUT2D eigenvalue weighted by molar-refractivity contribution is -0.263. The normalized spacial score (nSPS) is 35.2. The van der Waals surface area contributed by atoms with Gasteiger partial charge in [0.05, 0.1) is 32.0 Å². The predicted molar refractivity (Wildman–Crippen MR) is 56.8 cm³/mol. The van der Waals surface area contributed by atoms with Gasteiger partial charge >= 0.3 is 0 Å². The zero-order valence-electron chi connectivity index (χ0n) is 9.54. The van der Waals surface area contributed by atoms with Crippen LogP contribution in [0, 0.1) is 0 Å². The quantitative estimate of drug-likeness (QED) is 0.502. The van der Waals surface area contributed by atoms with Gasteiger partial charge in [0.2, 0.25) is 0 Å². The lowest BCUT2D eigenvalue weighted by Gasteiger charge is -2.35. The molecule has 1 saturated heterocycles. The van der Waals surface area contributed by atoms with Gasteiger partial charge in [-0.2, -0.15) is 0 Å². The van der Waals surface area contributed by atoms with Crippen molar-refractivity contribution >= 4 is 0 Å². The van der Waals surface area contributed by atoms with Crippen LogP contribution < -0.4 is 5.73 Å². The van der Waals surface area contributed by atoms with Crippen molar-refractivity contribution < 1.29 is 24.4 Å². The van der Waals surface area contributed by atoms with Gasteiger partial charge in [-0.25, -0.2) is 0 Å². The Morgan fingerprint density at radius 1 is 1.25 bits per heavy atom. The molecular weight excluding hydrogens is 214 g/mol. The summed E-state index contributed by atoms with van der Waals surface area (Å²) in [6, 6.07) is 0. The molecule has 1 rings (SSSR count). The Hall–Kier alpha value is -0.240. The molecule has 96 valence electrons. The minimum Gasteiger partial charge on any atom is -0.390 e. The molecule has 0 saturated carbocycles. The van der Waals surface area contributed by atoms with Gasteiger partial charge in [0, 0.05) is 13.0 Å². The van der Waals surface area contributed by atoms with E-state index in [1.807, 2.05) is 0 Å². The Morgan fingerprint density at radius 2 is 2.00 bits per heavy atom. The summed E-state index contributed by atoms with van der Waals surface area (Å²) in [7, 11) is 0. The Morgan fingerprint density at radius 3 is 2.69 bits per heavy atom. The van der Waals surface area contributed by atoms with Gasteiger partial charge in [-0.3, -0.25) is 0 Å². The van der Waals surface area contributed by atoms with Gasteiger partial charge in [-0.05, 0) is 6.92 Å². The first kappa shape index (κ1) is 13.8. The number of aliphatic hydroxyl groups excluding tert-OH is 2. The zero-order chi connectivity index (χ0) is 12.0. The number of hydrogen-bond acceptors (Lipinski definition) is 6. The standard InChI is InChI=1S/C10H21NO5/c1-7-8(12)6-9(13)10(16-7)15-5-4-14-3-2-11/h7-10,12-13H,2-6,11H2,1H3/t7-,8?,9+,10?/m0/s1. The molecule has 0 aromatic carbocycles. The van der Waals surface area contributed by atoms with E-state index >= 15 is 0 Å². The third kappa shape index (κ3) is 4.32. The van der Waals surface area contributed by atoms with E-state index in [-0.39, 0.29) is 12.5 Å². The van der Waals surface area contributed by atoms with Crippen LogP contribution in [0.3, 0.4) is 0 Å². The fraction of sp³-hybridized carbons (Fsp3) is 1.00. The van der Waals surface area contributed by atoms with Crippen molar-refractivity contribution in [2.45, 2.75) is 37.9 Å². The van der Waals surface area contributed by atoms with Crippen molar-refractivity contribution in [3.63, 3.8) is 0 Å². The molecule has 0 aliphatic carbocycles. The highest BCUT2D eigenvalue weighted by molar-refractivity contribution is 4.78. The lowest BCUT2D eigenvalue weighted by Crippen LogP contribution is -2.47. The number of nitrogens with two attached hydrogens (primary N) is 1. The summed E-state index contributed by atoms with van der Waals surface area (Å²) in [5.74, 6) is 0. The highest BCUT2D eigenvalue weighted by Crippen LogP contribution is 2.20. The van der Waals surface area contributed by atoms with Crippen LogP contribution in [0.5, 0.6) is 0 Å². The van der Waals surface area contributed by atoms with Crippen LogP contribution in [-0.4, -0.2) is 61.2 Å². The Bertz CT molecular complexity index is 192. The summed E-state index contributed by atoms with van der Waals surface area (Å²) in [6.07, 6.45) is -2.16. The van der Waals surface area contributed by atoms with Crippen molar-refractivity contribution in [3.8, 4) is 0 Å². The van der Waals surface area contributed by atoms with E-state index in [0.717, 1.165) is 0 Å². The van der Waals surface area contributed by atoms with E-state index < -0.39 is 18.5 Å². The number of hydrogen-bond donors (Lipinski definition) is 3. The topological polar surface area (TPSA) is 94.2 Å². The van der Waals surface area contributed by atoms with Gasteiger partial charge < -0.3 is 30.2 Å². The molecule has 2 unspecified atom stereocenters. The summed E-state index contributed by atoms with van der Waals surface area (Å²) in [5.41, 5.74) is 5.25. The van der Waals surface area contributed by atoms with Crippen molar-refractivity contribution in [1.29, 1.82) is 0 Å². The first-order valence-electron chi connectivity index (χ1n) is 5.56. The van der Waals surface area contributed by atoms with Crippen molar-refractivity contribution in [3.05, 3.63) is 0 Å². The summed E-state index contributed by atoms with van der Waals surface area (Å²) < 4.78 is 15.7. The lowest BCUT2D eigenvalue weighted by atomic mass is 10.0. The molecule has 0 amide bonds. The van der Waals surface area contributed by atoms with E-state index in [0.29, 0.717) is 26.4 Å². The van der Waals surface area contributed by atoms with E-state index in [1.165, 1.54) is 0 Å². The van der Waals surface area contributed by atoms with Crippen molar-refractivity contribution in [2.24, 2.45) is 5.73 Å². The van der Waals surface area contributed by atoms with E-state index in [1.54, 1.807) is 6.92 Å². The third-order valence-electron chi connectivity index (χ3n) is 2.46. The molecule has 1 fully saturated rings. The average Bonchev–Trinajstić information content (AvgIpc) is 2.25. The van der Waals surface area contributed by atoms with Crippen molar-refractivity contribution in [2.75, 3.05) is 26.4 Å². The van der Waals surface area contributed by atoms with Gasteiger partial charge in [-0.15, -0.1) is 0 Å². The highest BCUT2D eigenvalue weighted by atomic mass is 16.7. The van der Waals surface area contributed by atoms with Crippen LogP contribution in [0.15, 0.2) is 0 Å². The van der Waals surface area contributed by atoms with E-state index in [9.17, 15) is 10.2 Å². The molecule has 0 spiro atoms. The van der Waals surface area contributed by atoms with Gasteiger partial charge in [0.15, 0.2) is 6.29 Å². The SMILES string of the molecule is C[C@@H]1OC(OCCOCCN)[C@H](O)CC1O. The molecular formula is C10H21NO5. The second-order valence-corrected chi connectivity index (χ2v) is 3.85. The van der Waals surface area contributed by atoms with Gasteiger partial charge in [-0.1, -0.05) is 0 Å². The number of ether oxygens (including phenoxy) is 3. The fourth-order valence-corrected chi connectivity index (χ4v) is 1.50. The fourth-order valence-electron chi connectivity index (χ4n) is 1.50. The summed E-state index contributed by atoms with van der Waals surface area (Å²) in [4.78, 5) is 0. The molecule has 0 aromatic rings.